The quantitative estimate of drug-likeness (QED) is 0.685. The van der Waals surface area contributed by atoms with Crippen molar-refractivity contribution in [2.45, 2.75) is 38.6 Å². The van der Waals surface area contributed by atoms with Crippen LogP contribution < -0.4 is 10.6 Å². The lowest BCUT2D eigenvalue weighted by Gasteiger charge is -2.26. The average Bonchev–Trinajstić information content (AvgIpc) is 2.37. The minimum atomic E-state index is -1.21. The number of hydrogen-bond acceptors (Lipinski definition) is 3. The van der Waals surface area contributed by atoms with Crippen LogP contribution >= 0.6 is 0 Å². The molecule has 0 aromatic carbocycles. The molecule has 0 radical (unpaired) electrons. The largest absolute Gasteiger partial charge is 0.480 e. The van der Waals surface area contributed by atoms with Gasteiger partial charge in [-0.3, -0.25) is 0 Å². The monoisotopic (exact) mass is 258 g/mol. The Kier molecular flexibility index (Phi) is 5.40. The molecule has 18 heavy (non-hydrogen) atoms. The predicted molar refractivity (Wildman–Crippen MR) is 66.4 cm³/mol. The Morgan fingerprint density at radius 2 is 2.00 bits per heavy atom. The van der Waals surface area contributed by atoms with Gasteiger partial charge < -0.3 is 20.5 Å². The minimum Gasteiger partial charge on any atom is -0.480 e. The van der Waals surface area contributed by atoms with Crippen LogP contribution in [0.5, 0.6) is 0 Å². The van der Waals surface area contributed by atoms with Crippen molar-refractivity contribution < 1.29 is 19.4 Å². The molecular formula is C12H22N2O4. The molecule has 0 aliphatic carbocycles. The van der Waals surface area contributed by atoms with Gasteiger partial charge in [0.25, 0.3) is 0 Å². The summed E-state index contributed by atoms with van der Waals surface area (Å²) in [6.45, 7) is 5.26. The summed E-state index contributed by atoms with van der Waals surface area (Å²) in [5.74, 6) is -0.603. The van der Waals surface area contributed by atoms with Gasteiger partial charge in [-0.25, -0.2) is 9.59 Å². The van der Waals surface area contributed by atoms with E-state index in [1.807, 2.05) is 0 Å². The van der Waals surface area contributed by atoms with Crippen LogP contribution in [0.15, 0.2) is 0 Å². The first-order valence-electron chi connectivity index (χ1n) is 6.35. The lowest BCUT2D eigenvalue weighted by Crippen LogP contribution is -2.55. The fraction of sp³-hybridized carbons (Fsp3) is 0.833. The van der Waals surface area contributed by atoms with Gasteiger partial charge in [0, 0.05) is 19.8 Å². The van der Waals surface area contributed by atoms with Gasteiger partial charge in [0.1, 0.15) is 5.54 Å². The van der Waals surface area contributed by atoms with Crippen LogP contribution in [0.25, 0.3) is 0 Å². The number of carboxylic acid groups (broad SMARTS) is 1. The summed E-state index contributed by atoms with van der Waals surface area (Å²) in [7, 11) is 0. The summed E-state index contributed by atoms with van der Waals surface area (Å²) in [4.78, 5) is 22.7. The van der Waals surface area contributed by atoms with Crippen molar-refractivity contribution in [3.8, 4) is 0 Å². The molecule has 1 aliphatic heterocycles. The first-order chi connectivity index (χ1) is 8.48. The zero-order valence-corrected chi connectivity index (χ0v) is 11.0. The number of carboxylic acids is 1. The van der Waals surface area contributed by atoms with Crippen LogP contribution in [0.4, 0.5) is 4.79 Å². The van der Waals surface area contributed by atoms with E-state index in [0.717, 1.165) is 26.1 Å². The van der Waals surface area contributed by atoms with Crippen molar-refractivity contribution in [2.24, 2.45) is 5.92 Å². The third-order valence-corrected chi connectivity index (χ3v) is 3.46. The molecule has 104 valence electrons. The van der Waals surface area contributed by atoms with Gasteiger partial charge in [0.15, 0.2) is 0 Å². The second-order valence-electron chi connectivity index (χ2n) is 4.88. The molecule has 1 saturated heterocycles. The van der Waals surface area contributed by atoms with Crippen LogP contribution in [-0.4, -0.2) is 42.4 Å². The maximum atomic E-state index is 11.6. The number of nitrogens with one attached hydrogen (secondary N) is 2. The molecule has 2 amide bonds. The van der Waals surface area contributed by atoms with Crippen molar-refractivity contribution in [1.29, 1.82) is 0 Å². The van der Waals surface area contributed by atoms with Crippen molar-refractivity contribution in [3.63, 3.8) is 0 Å². The molecule has 1 aliphatic rings. The van der Waals surface area contributed by atoms with Crippen molar-refractivity contribution in [1.82, 2.24) is 10.6 Å². The molecule has 3 N–H and O–H groups in total. The highest BCUT2D eigenvalue weighted by atomic mass is 16.5. The van der Waals surface area contributed by atoms with Gasteiger partial charge in [-0.15, -0.1) is 0 Å². The van der Waals surface area contributed by atoms with E-state index in [2.05, 4.69) is 10.6 Å². The van der Waals surface area contributed by atoms with Crippen LogP contribution in [0.3, 0.4) is 0 Å². The topological polar surface area (TPSA) is 87.7 Å². The van der Waals surface area contributed by atoms with Gasteiger partial charge in [-0.1, -0.05) is 6.92 Å². The first kappa shape index (κ1) is 14.8. The summed E-state index contributed by atoms with van der Waals surface area (Å²) in [6.07, 6.45) is 2.21. The second-order valence-corrected chi connectivity index (χ2v) is 4.88. The van der Waals surface area contributed by atoms with E-state index in [9.17, 15) is 9.59 Å². The third kappa shape index (κ3) is 4.18. The number of ether oxygens (including phenoxy) is 1. The summed E-state index contributed by atoms with van der Waals surface area (Å²) in [5.41, 5.74) is -1.21. The smallest absolute Gasteiger partial charge is 0.329 e. The molecule has 0 aromatic rings. The standard InChI is InChI=1S/C12H22N2O4/c1-3-12(2,10(15)16)14-11(17)13-8-9-4-6-18-7-5-9/h9H,3-8H2,1-2H3,(H,15,16)(H2,13,14,17). The number of amides is 2. The summed E-state index contributed by atoms with van der Waals surface area (Å²) >= 11 is 0. The second kappa shape index (κ2) is 6.58. The normalized spacial score (nSPS) is 19.9. The van der Waals surface area contributed by atoms with Crippen LogP contribution in [0.2, 0.25) is 0 Å². The molecule has 6 heteroatoms. The molecule has 6 nitrogen and oxygen atoms in total. The van der Waals surface area contributed by atoms with Gasteiger partial charge >= 0.3 is 12.0 Å². The lowest BCUT2D eigenvalue weighted by molar-refractivity contribution is -0.143. The van der Waals surface area contributed by atoms with Gasteiger partial charge in [-0.2, -0.15) is 0 Å². The molecule has 1 atom stereocenters. The number of carbonyl (C=O) groups is 2. The van der Waals surface area contributed by atoms with E-state index in [4.69, 9.17) is 9.84 Å². The molecule has 1 rings (SSSR count). The maximum absolute atomic E-state index is 11.6. The molecule has 1 unspecified atom stereocenters. The van der Waals surface area contributed by atoms with Gasteiger partial charge in [0.05, 0.1) is 0 Å². The lowest BCUT2D eigenvalue weighted by atomic mass is 9.99. The third-order valence-electron chi connectivity index (χ3n) is 3.46. The predicted octanol–water partition coefficient (Wildman–Crippen LogP) is 0.965. The fourth-order valence-corrected chi connectivity index (χ4v) is 1.78. The Morgan fingerprint density at radius 1 is 1.39 bits per heavy atom. The number of aliphatic carboxylic acids is 1. The highest BCUT2D eigenvalue weighted by Gasteiger charge is 2.32. The molecule has 0 spiro atoms. The maximum Gasteiger partial charge on any atom is 0.329 e. The fourth-order valence-electron chi connectivity index (χ4n) is 1.78. The Bertz CT molecular complexity index is 302. The van der Waals surface area contributed by atoms with Gasteiger partial charge in [-0.05, 0) is 32.1 Å². The Labute approximate surface area is 107 Å². The Balaban J connectivity index is 2.34. The number of hydrogen-bond donors (Lipinski definition) is 3. The van der Waals surface area contributed by atoms with E-state index >= 15 is 0 Å². The van der Waals surface area contributed by atoms with Crippen LogP contribution in [0.1, 0.15) is 33.1 Å². The summed E-state index contributed by atoms with van der Waals surface area (Å²) < 4.78 is 5.23. The zero-order valence-electron chi connectivity index (χ0n) is 11.0. The molecule has 0 saturated carbocycles. The first-order valence-corrected chi connectivity index (χ1v) is 6.35. The van der Waals surface area contributed by atoms with E-state index in [1.54, 1.807) is 6.92 Å². The zero-order chi connectivity index (χ0) is 13.6. The van der Waals surface area contributed by atoms with Crippen LogP contribution in [-0.2, 0) is 9.53 Å². The SMILES string of the molecule is CCC(C)(NC(=O)NCC1CCOCC1)C(=O)O. The molecular weight excluding hydrogens is 236 g/mol. The number of rotatable bonds is 5. The Hall–Kier alpha value is -1.30. The molecule has 1 heterocycles. The van der Waals surface area contributed by atoms with E-state index in [0.29, 0.717) is 18.9 Å². The highest BCUT2D eigenvalue weighted by Crippen LogP contribution is 2.13. The van der Waals surface area contributed by atoms with Crippen molar-refractivity contribution in [2.75, 3.05) is 19.8 Å². The highest BCUT2D eigenvalue weighted by molar-refractivity contribution is 5.85. The van der Waals surface area contributed by atoms with Crippen LogP contribution in [0, 0.1) is 5.92 Å². The number of carbonyl (C=O) groups excluding carboxylic acids is 1. The summed E-state index contributed by atoms with van der Waals surface area (Å²) in [5, 5.41) is 14.3. The van der Waals surface area contributed by atoms with E-state index in [1.165, 1.54) is 6.92 Å². The minimum absolute atomic E-state index is 0.340. The van der Waals surface area contributed by atoms with Crippen molar-refractivity contribution >= 4 is 12.0 Å². The molecule has 0 bridgehead atoms. The molecule has 0 aromatic heterocycles. The van der Waals surface area contributed by atoms with Gasteiger partial charge in [0.2, 0.25) is 0 Å². The average molecular weight is 258 g/mol. The summed E-state index contributed by atoms with van der Waals surface area (Å²) in [6, 6.07) is -0.423. The van der Waals surface area contributed by atoms with E-state index < -0.39 is 17.5 Å². The number of urea groups is 1. The van der Waals surface area contributed by atoms with Crippen molar-refractivity contribution in [3.05, 3.63) is 0 Å². The van der Waals surface area contributed by atoms with E-state index in [-0.39, 0.29) is 0 Å². The Morgan fingerprint density at radius 3 is 2.50 bits per heavy atom. The molecule has 1 fully saturated rings.